The summed E-state index contributed by atoms with van der Waals surface area (Å²) in [6, 6.07) is 48.6. The third kappa shape index (κ3) is 4.97. The standard InChI is InChI=1S/C56H46N2/c1-33-23-34(2)26-41(25-33)37-17-21-51-47(29-37)49-31-39-15-16-40-32-50-48-30-38(42-27-35(3)24-36(4)28-42)18-22-52(48)58(44-13-9-6-10-14-44)56(50)46-20-19-45(53(39)54(40)46)55(49)57(51)43-11-7-5-8-12-43/h5-14,17,21,23-32H,15-16,18-20,22H2,1-4H3. The van der Waals surface area contributed by atoms with Crippen LogP contribution in [0, 0.1) is 27.7 Å². The molecule has 0 atom stereocenters. The molecule has 0 spiro atoms. The van der Waals surface area contributed by atoms with Crippen LogP contribution in [0.5, 0.6) is 0 Å². The van der Waals surface area contributed by atoms with Gasteiger partial charge in [0.1, 0.15) is 0 Å². The number of hydrogen-bond donors (Lipinski definition) is 0. The first-order valence-electron chi connectivity index (χ1n) is 21.2. The van der Waals surface area contributed by atoms with Crippen LogP contribution in [0.15, 0.2) is 127 Å². The van der Waals surface area contributed by atoms with E-state index in [4.69, 9.17) is 0 Å². The third-order valence-electron chi connectivity index (χ3n) is 13.5. The fourth-order valence-corrected chi connectivity index (χ4v) is 11.3. The molecule has 7 aromatic carbocycles. The summed E-state index contributed by atoms with van der Waals surface area (Å²) < 4.78 is 5.23. The molecule has 0 saturated heterocycles. The van der Waals surface area contributed by atoms with Crippen molar-refractivity contribution in [3.8, 4) is 33.6 Å². The van der Waals surface area contributed by atoms with E-state index in [0.29, 0.717) is 0 Å². The lowest BCUT2D eigenvalue weighted by atomic mass is 9.73. The number of hydrogen-bond acceptors (Lipinski definition) is 0. The molecule has 58 heavy (non-hydrogen) atoms. The van der Waals surface area contributed by atoms with Gasteiger partial charge in [0.2, 0.25) is 0 Å². The molecule has 280 valence electrons. The Kier molecular flexibility index (Phi) is 7.30. The topological polar surface area (TPSA) is 9.86 Å². The van der Waals surface area contributed by atoms with E-state index in [2.05, 4.69) is 170 Å². The fourth-order valence-electron chi connectivity index (χ4n) is 11.3. The van der Waals surface area contributed by atoms with E-state index in [0.717, 1.165) is 38.5 Å². The SMILES string of the molecule is Cc1cc(C)cc(C2=Cc3c(n(-c4ccccc4)c4c5c6c(cc34)CCc3cc4c7cc(-c8cc(C)cc(C)c8)ccc7n(-c7ccccc7)c4c(c3-6)CC5)CC2)c1. The van der Waals surface area contributed by atoms with Gasteiger partial charge in [-0.3, -0.25) is 0 Å². The lowest BCUT2D eigenvalue weighted by Crippen LogP contribution is -2.16. The van der Waals surface area contributed by atoms with Crippen molar-refractivity contribution in [2.75, 3.05) is 0 Å². The number of nitrogens with zero attached hydrogens (tertiary/aromatic N) is 2. The Morgan fingerprint density at radius 2 is 0.966 bits per heavy atom. The van der Waals surface area contributed by atoms with Gasteiger partial charge in [-0.25, -0.2) is 0 Å². The highest BCUT2D eigenvalue weighted by Gasteiger charge is 2.34. The minimum atomic E-state index is 1.02. The molecule has 0 bridgehead atoms. The molecule has 0 unspecified atom stereocenters. The minimum Gasteiger partial charge on any atom is -0.313 e. The molecule has 2 heteroatoms. The predicted molar refractivity (Wildman–Crippen MR) is 245 cm³/mol. The number of fused-ring (bicyclic) bond motifs is 8. The Morgan fingerprint density at radius 3 is 1.59 bits per heavy atom. The Hall–Kier alpha value is -6.38. The summed E-state index contributed by atoms with van der Waals surface area (Å²) in [7, 11) is 0. The number of para-hydroxylation sites is 2. The van der Waals surface area contributed by atoms with Crippen LogP contribution in [-0.2, 0) is 32.1 Å². The van der Waals surface area contributed by atoms with Gasteiger partial charge in [0.25, 0.3) is 0 Å². The number of benzene rings is 7. The van der Waals surface area contributed by atoms with Crippen LogP contribution in [-0.4, -0.2) is 9.13 Å². The van der Waals surface area contributed by atoms with Crippen LogP contribution in [0.2, 0.25) is 0 Å². The van der Waals surface area contributed by atoms with Crippen LogP contribution >= 0.6 is 0 Å². The van der Waals surface area contributed by atoms with Crippen molar-refractivity contribution >= 4 is 44.4 Å². The molecule has 12 rings (SSSR count). The first kappa shape index (κ1) is 33.7. The molecule has 0 saturated carbocycles. The molecule has 0 aliphatic heterocycles. The van der Waals surface area contributed by atoms with Gasteiger partial charge in [0.15, 0.2) is 0 Å². The minimum absolute atomic E-state index is 1.02. The zero-order valence-electron chi connectivity index (χ0n) is 33.8. The number of rotatable bonds is 4. The average Bonchev–Trinajstić information content (AvgIpc) is 3.74. The van der Waals surface area contributed by atoms with Crippen molar-refractivity contribution in [3.05, 3.63) is 189 Å². The summed E-state index contributed by atoms with van der Waals surface area (Å²) in [5.74, 6) is 0. The van der Waals surface area contributed by atoms with Crippen molar-refractivity contribution < 1.29 is 0 Å². The Labute approximate surface area is 340 Å². The maximum absolute atomic E-state index is 2.66. The summed E-state index contributed by atoms with van der Waals surface area (Å²) in [6.45, 7) is 8.87. The monoisotopic (exact) mass is 746 g/mol. The highest BCUT2D eigenvalue weighted by molar-refractivity contribution is 6.15. The maximum atomic E-state index is 2.66. The molecule has 0 amide bonds. The Balaban J connectivity index is 1.14. The van der Waals surface area contributed by atoms with E-state index < -0.39 is 0 Å². The van der Waals surface area contributed by atoms with Gasteiger partial charge in [-0.15, -0.1) is 0 Å². The Morgan fingerprint density at radius 1 is 0.414 bits per heavy atom. The zero-order valence-corrected chi connectivity index (χ0v) is 33.8. The number of aryl methyl sites for hydroxylation is 8. The van der Waals surface area contributed by atoms with Crippen LogP contribution < -0.4 is 0 Å². The molecule has 2 heterocycles. The average molecular weight is 747 g/mol. The molecule has 3 aliphatic rings. The molecule has 9 aromatic rings. The molecular weight excluding hydrogens is 701 g/mol. The van der Waals surface area contributed by atoms with Gasteiger partial charge in [-0.2, -0.15) is 0 Å². The van der Waals surface area contributed by atoms with Gasteiger partial charge in [-0.05, 0) is 176 Å². The van der Waals surface area contributed by atoms with Gasteiger partial charge < -0.3 is 9.13 Å². The van der Waals surface area contributed by atoms with E-state index in [1.165, 1.54) is 128 Å². The van der Waals surface area contributed by atoms with Gasteiger partial charge in [0, 0.05) is 38.8 Å². The molecular formula is C56H46N2. The molecule has 0 fully saturated rings. The van der Waals surface area contributed by atoms with Gasteiger partial charge in [-0.1, -0.05) is 101 Å². The lowest BCUT2D eigenvalue weighted by molar-refractivity contribution is 0.870. The number of aromatic nitrogens is 2. The smallest absolute Gasteiger partial charge is 0.0579 e. The summed E-state index contributed by atoms with van der Waals surface area (Å²) >= 11 is 0. The van der Waals surface area contributed by atoms with Crippen molar-refractivity contribution in [2.24, 2.45) is 0 Å². The van der Waals surface area contributed by atoms with Gasteiger partial charge in [0.05, 0.1) is 16.6 Å². The lowest BCUT2D eigenvalue weighted by Gasteiger charge is -2.31. The van der Waals surface area contributed by atoms with Crippen LogP contribution in [0.4, 0.5) is 0 Å². The maximum Gasteiger partial charge on any atom is 0.0579 e. The highest BCUT2D eigenvalue weighted by Crippen LogP contribution is 2.52. The second kappa shape index (κ2) is 12.6. The van der Waals surface area contributed by atoms with Crippen molar-refractivity contribution in [3.63, 3.8) is 0 Å². The van der Waals surface area contributed by atoms with E-state index in [9.17, 15) is 0 Å². The molecule has 2 nitrogen and oxygen atoms in total. The molecule has 0 N–H and O–H groups in total. The summed E-state index contributed by atoms with van der Waals surface area (Å²) in [5, 5.41) is 4.16. The summed E-state index contributed by atoms with van der Waals surface area (Å²) in [4.78, 5) is 0. The zero-order chi connectivity index (χ0) is 38.8. The van der Waals surface area contributed by atoms with E-state index >= 15 is 0 Å². The second-order valence-electron chi connectivity index (χ2n) is 17.4. The number of allylic oxidation sites excluding steroid dienone is 1. The normalized spacial score (nSPS) is 14.2. The second-order valence-corrected chi connectivity index (χ2v) is 17.4. The first-order chi connectivity index (χ1) is 28.4. The van der Waals surface area contributed by atoms with Crippen molar-refractivity contribution in [1.82, 2.24) is 9.13 Å². The Bertz CT molecular complexity index is 3200. The van der Waals surface area contributed by atoms with Crippen LogP contribution in [0.25, 0.3) is 78.0 Å². The van der Waals surface area contributed by atoms with Crippen LogP contribution in [0.1, 0.15) is 67.7 Å². The molecule has 0 radical (unpaired) electrons. The van der Waals surface area contributed by atoms with E-state index in [1.807, 2.05) is 0 Å². The van der Waals surface area contributed by atoms with E-state index in [-0.39, 0.29) is 0 Å². The molecule has 2 aromatic heterocycles. The summed E-state index contributed by atoms with van der Waals surface area (Å²) in [6.07, 6.45) is 8.81. The van der Waals surface area contributed by atoms with Gasteiger partial charge >= 0.3 is 0 Å². The predicted octanol–water partition coefficient (Wildman–Crippen LogP) is 14.0. The fraction of sp³-hybridized carbons (Fsp3) is 0.179. The molecule has 3 aliphatic carbocycles. The first-order valence-corrected chi connectivity index (χ1v) is 21.2. The van der Waals surface area contributed by atoms with Crippen molar-refractivity contribution in [2.45, 2.75) is 66.2 Å². The van der Waals surface area contributed by atoms with Crippen molar-refractivity contribution in [1.29, 1.82) is 0 Å². The third-order valence-corrected chi connectivity index (χ3v) is 13.5. The quantitative estimate of drug-likeness (QED) is 0.170. The highest BCUT2D eigenvalue weighted by atomic mass is 15.0. The van der Waals surface area contributed by atoms with Crippen LogP contribution in [0.3, 0.4) is 0 Å². The summed E-state index contributed by atoms with van der Waals surface area (Å²) in [5.41, 5.74) is 29.3. The van der Waals surface area contributed by atoms with E-state index in [1.54, 1.807) is 5.56 Å². The largest absolute Gasteiger partial charge is 0.313 e.